The van der Waals surface area contributed by atoms with Crippen molar-refractivity contribution in [2.75, 3.05) is 13.6 Å². The number of hydrogen-bond donors (Lipinski definition) is 1. The third kappa shape index (κ3) is 2.26. The fourth-order valence-electron chi connectivity index (χ4n) is 2.18. The second-order valence-corrected chi connectivity index (χ2v) is 6.09. The van der Waals surface area contributed by atoms with Crippen LogP contribution in [0.3, 0.4) is 0 Å². The van der Waals surface area contributed by atoms with Crippen LogP contribution in [0.25, 0.3) is 0 Å². The Hall–Kier alpha value is -1.40. The van der Waals surface area contributed by atoms with Crippen molar-refractivity contribution in [3.8, 4) is 0 Å². The molecule has 1 amide bonds. The van der Waals surface area contributed by atoms with E-state index < -0.39 is 16.1 Å². The Morgan fingerprint density at radius 2 is 2.00 bits per heavy atom. The highest BCUT2D eigenvalue weighted by Crippen LogP contribution is 2.25. The summed E-state index contributed by atoms with van der Waals surface area (Å²) in [6.45, 7) is 0.398. The molecule has 1 aliphatic heterocycles. The number of likely N-dealkylation sites (N-methyl/N-ethyl adjacent to an activating group) is 1. The quantitative estimate of drug-likeness (QED) is 0.872. The number of carbonyl (C=O) groups is 1. The maximum atomic E-state index is 12.4. The van der Waals surface area contributed by atoms with Crippen molar-refractivity contribution >= 4 is 15.9 Å². The number of sulfonamides is 1. The highest BCUT2D eigenvalue weighted by atomic mass is 32.2. The van der Waals surface area contributed by atoms with Crippen molar-refractivity contribution in [3.63, 3.8) is 0 Å². The Labute approximate surface area is 107 Å². The van der Waals surface area contributed by atoms with Gasteiger partial charge in [0.05, 0.1) is 4.90 Å². The minimum Gasteiger partial charge on any atom is -0.358 e. The molecule has 0 spiro atoms. The summed E-state index contributed by atoms with van der Waals surface area (Å²) in [6, 6.07) is 7.64. The van der Waals surface area contributed by atoms with Gasteiger partial charge < -0.3 is 5.32 Å². The summed E-state index contributed by atoms with van der Waals surface area (Å²) in [6.07, 6.45) is 1.29. The Bertz CT molecular complexity index is 528. The monoisotopic (exact) mass is 268 g/mol. The lowest BCUT2D eigenvalue weighted by Crippen LogP contribution is -2.44. The zero-order chi connectivity index (χ0) is 13.2. The van der Waals surface area contributed by atoms with Crippen LogP contribution in [0.5, 0.6) is 0 Å². The molecule has 1 heterocycles. The largest absolute Gasteiger partial charge is 0.358 e. The summed E-state index contributed by atoms with van der Waals surface area (Å²) < 4.78 is 26.1. The molecule has 0 aliphatic carbocycles. The van der Waals surface area contributed by atoms with Gasteiger partial charge in [-0.15, -0.1) is 0 Å². The lowest BCUT2D eigenvalue weighted by molar-refractivity contribution is -0.123. The summed E-state index contributed by atoms with van der Waals surface area (Å²) in [7, 11) is -2.05. The predicted molar refractivity (Wildman–Crippen MR) is 67.4 cm³/mol. The highest BCUT2D eigenvalue weighted by molar-refractivity contribution is 7.89. The van der Waals surface area contributed by atoms with Gasteiger partial charge >= 0.3 is 0 Å². The van der Waals surface area contributed by atoms with Crippen molar-refractivity contribution in [2.45, 2.75) is 23.8 Å². The molecular weight excluding hydrogens is 252 g/mol. The van der Waals surface area contributed by atoms with Gasteiger partial charge in [-0.2, -0.15) is 4.31 Å². The summed E-state index contributed by atoms with van der Waals surface area (Å²) in [5.41, 5.74) is 0. The fraction of sp³-hybridized carbons (Fsp3) is 0.417. The van der Waals surface area contributed by atoms with Crippen LogP contribution in [0.1, 0.15) is 12.8 Å². The third-order valence-corrected chi connectivity index (χ3v) is 5.02. The minimum absolute atomic E-state index is 0.237. The summed E-state index contributed by atoms with van der Waals surface area (Å²) >= 11 is 0. The van der Waals surface area contributed by atoms with Gasteiger partial charge in [0, 0.05) is 13.6 Å². The first-order chi connectivity index (χ1) is 8.57. The Morgan fingerprint density at radius 1 is 1.33 bits per heavy atom. The van der Waals surface area contributed by atoms with Gasteiger partial charge in [-0.25, -0.2) is 8.42 Å². The van der Waals surface area contributed by atoms with Crippen molar-refractivity contribution in [1.29, 1.82) is 0 Å². The minimum atomic E-state index is -3.57. The Kier molecular flexibility index (Phi) is 3.68. The van der Waals surface area contributed by atoms with Gasteiger partial charge in [-0.1, -0.05) is 18.2 Å². The molecule has 1 aromatic carbocycles. The molecule has 1 unspecified atom stereocenters. The summed E-state index contributed by atoms with van der Waals surface area (Å²) in [5.74, 6) is -0.244. The molecule has 98 valence electrons. The molecule has 5 nitrogen and oxygen atoms in total. The number of amides is 1. The first-order valence-corrected chi connectivity index (χ1v) is 7.30. The number of carbonyl (C=O) groups excluding carboxylic acids is 1. The maximum absolute atomic E-state index is 12.4. The molecular formula is C12H16N2O3S. The number of rotatable bonds is 3. The van der Waals surface area contributed by atoms with E-state index in [-0.39, 0.29) is 10.8 Å². The van der Waals surface area contributed by atoms with Crippen molar-refractivity contribution in [3.05, 3.63) is 30.3 Å². The van der Waals surface area contributed by atoms with Gasteiger partial charge in [0.25, 0.3) is 0 Å². The smallest absolute Gasteiger partial charge is 0.243 e. The fourth-order valence-corrected chi connectivity index (χ4v) is 3.86. The zero-order valence-corrected chi connectivity index (χ0v) is 11.0. The molecule has 1 aliphatic rings. The zero-order valence-electron chi connectivity index (χ0n) is 10.2. The molecule has 1 aromatic rings. The Balaban J connectivity index is 2.33. The van der Waals surface area contributed by atoms with E-state index in [4.69, 9.17) is 0 Å². The highest BCUT2D eigenvalue weighted by Gasteiger charge is 2.38. The molecule has 0 radical (unpaired) electrons. The molecule has 18 heavy (non-hydrogen) atoms. The molecule has 1 atom stereocenters. The molecule has 0 saturated carbocycles. The van der Waals surface area contributed by atoms with E-state index in [2.05, 4.69) is 5.32 Å². The molecule has 1 saturated heterocycles. The van der Waals surface area contributed by atoms with Crippen LogP contribution in [0.4, 0.5) is 0 Å². The lowest BCUT2D eigenvalue weighted by Gasteiger charge is -2.22. The van der Waals surface area contributed by atoms with Crippen molar-refractivity contribution < 1.29 is 13.2 Å². The number of nitrogens with zero attached hydrogens (tertiary/aromatic N) is 1. The molecule has 0 aromatic heterocycles. The molecule has 1 fully saturated rings. The lowest BCUT2D eigenvalue weighted by atomic mass is 10.2. The maximum Gasteiger partial charge on any atom is 0.243 e. The molecule has 1 N–H and O–H groups in total. The first kappa shape index (κ1) is 13.0. The van der Waals surface area contributed by atoms with Gasteiger partial charge in [-0.05, 0) is 25.0 Å². The van der Waals surface area contributed by atoms with Gasteiger partial charge in [0.2, 0.25) is 15.9 Å². The summed E-state index contributed by atoms with van der Waals surface area (Å²) in [4.78, 5) is 11.9. The van der Waals surface area contributed by atoms with Crippen LogP contribution in [-0.4, -0.2) is 38.3 Å². The second-order valence-electron chi connectivity index (χ2n) is 4.20. The van der Waals surface area contributed by atoms with Crippen molar-refractivity contribution in [2.24, 2.45) is 0 Å². The van der Waals surface area contributed by atoms with Crippen LogP contribution in [0.2, 0.25) is 0 Å². The summed E-state index contributed by atoms with van der Waals surface area (Å²) in [5, 5.41) is 2.52. The van der Waals surface area contributed by atoms with E-state index in [0.717, 1.165) is 0 Å². The molecule has 2 rings (SSSR count). The molecule has 6 heteroatoms. The van der Waals surface area contributed by atoms with E-state index in [9.17, 15) is 13.2 Å². The average Bonchev–Trinajstić information content (AvgIpc) is 2.89. The predicted octanol–water partition coefficient (Wildman–Crippen LogP) is 0.586. The number of hydrogen-bond acceptors (Lipinski definition) is 3. The van der Waals surface area contributed by atoms with E-state index in [1.807, 2.05) is 0 Å². The number of benzene rings is 1. The standard InChI is InChI=1S/C12H16N2O3S/c1-13-12(15)11-8-5-9-14(11)18(16,17)10-6-3-2-4-7-10/h2-4,6-7,11H,5,8-9H2,1H3,(H,13,15). The van der Waals surface area contributed by atoms with Gasteiger partial charge in [-0.3, -0.25) is 4.79 Å². The first-order valence-electron chi connectivity index (χ1n) is 5.86. The molecule has 0 bridgehead atoms. The third-order valence-electron chi connectivity index (χ3n) is 3.10. The Morgan fingerprint density at radius 3 is 2.61 bits per heavy atom. The average molecular weight is 268 g/mol. The normalized spacial score (nSPS) is 20.8. The van der Waals surface area contributed by atoms with E-state index in [1.165, 1.54) is 11.4 Å². The topological polar surface area (TPSA) is 66.5 Å². The SMILES string of the molecule is CNC(=O)C1CCCN1S(=O)(=O)c1ccccc1. The van der Waals surface area contributed by atoms with Gasteiger partial charge in [0.1, 0.15) is 6.04 Å². The van der Waals surface area contributed by atoms with Crippen LogP contribution in [0.15, 0.2) is 35.2 Å². The van der Waals surface area contributed by atoms with Crippen LogP contribution < -0.4 is 5.32 Å². The van der Waals surface area contributed by atoms with E-state index in [1.54, 1.807) is 30.3 Å². The van der Waals surface area contributed by atoms with E-state index in [0.29, 0.717) is 19.4 Å². The van der Waals surface area contributed by atoms with Gasteiger partial charge in [0.15, 0.2) is 0 Å². The van der Waals surface area contributed by atoms with E-state index >= 15 is 0 Å². The second kappa shape index (κ2) is 5.07. The van der Waals surface area contributed by atoms with Crippen LogP contribution in [-0.2, 0) is 14.8 Å². The number of nitrogens with one attached hydrogen (secondary N) is 1. The van der Waals surface area contributed by atoms with Crippen LogP contribution in [0, 0.1) is 0 Å². The van der Waals surface area contributed by atoms with Crippen molar-refractivity contribution in [1.82, 2.24) is 9.62 Å². The van der Waals surface area contributed by atoms with Crippen LogP contribution >= 0.6 is 0 Å².